The molecule has 0 heterocycles. The molecule has 4 heteroatoms. The number of aliphatic hydroxyl groups excluding tert-OH is 1. The Morgan fingerprint density at radius 1 is 1.11 bits per heavy atom. The zero-order chi connectivity index (χ0) is 13.5. The van der Waals surface area contributed by atoms with Gasteiger partial charge in [0.25, 0.3) is 0 Å². The van der Waals surface area contributed by atoms with E-state index in [0.717, 1.165) is 5.56 Å². The van der Waals surface area contributed by atoms with Gasteiger partial charge in [-0.3, -0.25) is 0 Å². The Morgan fingerprint density at radius 2 is 1.72 bits per heavy atom. The second-order valence-electron chi connectivity index (χ2n) is 3.96. The summed E-state index contributed by atoms with van der Waals surface area (Å²) in [5, 5.41) is 10.1. The number of rotatable bonds is 7. The SMILES string of the molecule is CCOc1ccc(C(O)C(C)OC)cc1OCC. The molecule has 0 aliphatic heterocycles. The summed E-state index contributed by atoms with van der Waals surface area (Å²) in [5.74, 6) is 1.35. The van der Waals surface area contributed by atoms with E-state index < -0.39 is 6.10 Å². The van der Waals surface area contributed by atoms with Gasteiger partial charge >= 0.3 is 0 Å². The van der Waals surface area contributed by atoms with E-state index in [1.54, 1.807) is 13.2 Å². The number of methoxy groups -OCH3 is 1. The lowest BCUT2D eigenvalue weighted by Crippen LogP contribution is -2.17. The summed E-state index contributed by atoms with van der Waals surface area (Å²) < 4.78 is 16.1. The zero-order valence-corrected chi connectivity index (χ0v) is 11.5. The van der Waals surface area contributed by atoms with Gasteiger partial charge in [-0.25, -0.2) is 0 Å². The topological polar surface area (TPSA) is 47.9 Å². The molecule has 1 aromatic rings. The van der Waals surface area contributed by atoms with Crippen LogP contribution in [-0.4, -0.2) is 31.5 Å². The first kappa shape index (κ1) is 14.8. The quantitative estimate of drug-likeness (QED) is 0.812. The zero-order valence-electron chi connectivity index (χ0n) is 11.5. The van der Waals surface area contributed by atoms with Crippen molar-refractivity contribution in [2.45, 2.75) is 33.0 Å². The van der Waals surface area contributed by atoms with Gasteiger partial charge < -0.3 is 19.3 Å². The van der Waals surface area contributed by atoms with Gasteiger partial charge in [0.2, 0.25) is 0 Å². The van der Waals surface area contributed by atoms with Crippen LogP contribution in [0, 0.1) is 0 Å². The van der Waals surface area contributed by atoms with E-state index in [0.29, 0.717) is 24.7 Å². The van der Waals surface area contributed by atoms with Crippen LogP contribution in [-0.2, 0) is 4.74 Å². The van der Waals surface area contributed by atoms with Gasteiger partial charge in [-0.15, -0.1) is 0 Å². The van der Waals surface area contributed by atoms with E-state index in [9.17, 15) is 5.11 Å². The standard InChI is InChI=1S/C14H22O4/c1-5-17-12-8-7-11(9-13(12)18-6-2)14(15)10(3)16-4/h7-10,14-15H,5-6H2,1-4H3. The van der Waals surface area contributed by atoms with E-state index in [2.05, 4.69) is 0 Å². The van der Waals surface area contributed by atoms with Crippen LogP contribution in [0.3, 0.4) is 0 Å². The van der Waals surface area contributed by atoms with Gasteiger partial charge in [-0.2, -0.15) is 0 Å². The first-order valence-corrected chi connectivity index (χ1v) is 6.24. The Morgan fingerprint density at radius 3 is 2.28 bits per heavy atom. The molecule has 102 valence electrons. The third-order valence-electron chi connectivity index (χ3n) is 2.73. The Balaban J connectivity index is 2.98. The fourth-order valence-electron chi connectivity index (χ4n) is 1.65. The fourth-order valence-corrected chi connectivity index (χ4v) is 1.65. The molecule has 0 radical (unpaired) electrons. The van der Waals surface area contributed by atoms with E-state index in [-0.39, 0.29) is 6.10 Å². The highest BCUT2D eigenvalue weighted by molar-refractivity contribution is 5.43. The van der Waals surface area contributed by atoms with Gasteiger partial charge in [0.05, 0.1) is 19.3 Å². The van der Waals surface area contributed by atoms with Gasteiger partial charge in [-0.1, -0.05) is 6.07 Å². The van der Waals surface area contributed by atoms with E-state index >= 15 is 0 Å². The van der Waals surface area contributed by atoms with Crippen molar-refractivity contribution in [2.75, 3.05) is 20.3 Å². The Bertz CT molecular complexity index is 365. The van der Waals surface area contributed by atoms with Crippen LogP contribution in [0.1, 0.15) is 32.4 Å². The van der Waals surface area contributed by atoms with Crippen molar-refractivity contribution >= 4 is 0 Å². The molecule has 4 nitrogen and oxygen atoms in total. The van der Waals surface area contributed by atoms with Crippen molar-refractivity contribution in [3.05, 3.63) is 23.8 Å². The van der Waals surface area contributed by atoms with Crippen LogP contribution < -0.4 is 9.47 Å². The lowest BCUT2D eigenvalue weighted by atomic mass is 10.0. The first-order valence-electron chi connectivity index (χ1n) is 6.24. The van der Waals surface area contributed by atoms with E-state index in [4.69, 9.17) is 14.2 Å². The highest BCUT2D eigenvalue weighted by Gasteiger charge is 2.17. The Labute approximate surface area is 108 Å². The number of hydrogen-bond donors (Lipinski definition) is 1. The molecule has 1 N–H and O–H groups in total. The maximum Gasteiger partial charge on any atom is 0.161 e. The molecule has 0 fully saturated rings. The minimum Gasteiger partial charge on any atom is -0.490 e. The molecule has 0 amide bonds. The molecule has 0 aliphatic carbocycles. The van der Waals surface area contributed by atoms with Crippen LogP contribution in [0.25, 0.3) is 0 Å². The minimum absolute atomic E-state index is 0.266. The number of benzene rings is 1. The van der Waals surface area contributed by atoms with E-state index in [1.165, 1.54) is 0 Å². The highest BCUT2D eigenvalue weighted by atomic mass is 16.5. The number of hydrogen-bond acceptors (Lipinski definition) is 4. The highest BCUT2D eigenvalue weighted by Crippen LogP contribution is 2.31. The average Bonchev–Trinajstić information content (AvgIpc) is 2.39. The second-order valence-corrected chi connectivity index (χ2v) is 3.96. The van der Waals surface area contributed by atoms with Crippen LogP contribution in [0.5, 0.6) is 11.5 Å². The third-order valence-corrected chi connectivity index (χ3v) is 2.73. The fraction of sp³-hybridized carbons (Fsp3) is 0.571. The molecule has 18 heavy (non-hydrogen) atoms. The second kappa shape index (κ2) is 7.24. The average molecular weight is 254 g/mol. The molecule has 0 aromatic heterocycles. The summed E-state index contributed by atoms with van der Waals surface area (Å²) in [6.45, 7) is 6.79. The van der Waals surface area contributed by atoms with Crippen molar-refractivity contribution in [3.63, 3.8) is 0 Å². The van der Waals surface area contributed by atoms with Crippen LogP contribution >= 0.6 is 0 Å². The van der Waals surface area contributed by atoms with Crippen LogP contribution in [0.15, 0.2) is 18.2 Å². The largest absolute Gasteiger partial charge is 0.490 e. The summed E-state index contributed by atoms with van der Waals surface area (Å²) in [5.41, 5.74) is 0.760. The maximum atomic E-state index is 10.1. The van der Waals surface area contributed by atoms with Crippen LogP contribution in [0.4, 0.5) is 0 Å². The Hall–Kier alpha value is -1.26. The summed E-state index contributed by atoms with van der Waals surface area (Å²) in [7, 11) is 1.58. The summed E-state index contributed by atoms with van der Waals surface area (Å²) in [6, 6.07) is 5.44. The van der Waals surface area contributed by atoms with Crippen molar-refractivity contribution in [1.82, 2.24) is 0 Å². The monoisotopic (exact) mass is 254 g/mol. The van der Waals surface area contributed by atoms with Gasteiger partial charge in [0, 0.05) is 7.11 Å². The summed E-state index contributed by atoms with van der Waals surface area (Å²) >= 11 is 0. The molecular weight excluding hydrogens is 232 g/mol. The van der Waals surface area contributed by atoms with Gasteiger partial charge in [0.15, 0.2) is 11.5 Å². The smallest absolute Gasteiger partial charge is 0.161 e. The van der Waals surface area contributed by atoms with Crippen molar-refractivity contribution < 1.29 is 19.3 Å². The molecule has 2 atom stereocenters. The molecule has 0 bridgehead atoms. The number of aliphatic hydroxyl groups is 1. The van der Waals surface area contributed by atoms with Crippen molar-refractivity contribution in [1.29, 1.82) is 0 Å². The molecule has 0 spiro atoms. The summed E-state index contributed by atoms with van der Waals surface area (Å²) in [6.07, 6.45) is -0.942. The number of ether oxygens (including phenoxy) is 3. The predicted molar refractivity (Wildman–Crippen MR) is 70.2 cm³/mol. The molecule has 1 rings (SSSR count). The molecule has 2 unspecified atom stereocenters. The van der Waals surface area contributed by atoms with E-state index in [1.807, 2.05) is 32.9 Å². The molecular formula is C14H22O4. The molecule has 1 aromatic carbocycles. The maximum absolute atomic E-state index is 10.1. The molecule has 0 saturated carbocycles. The normalized spacial score (nSPS) is 14.1. The Kier molecular flexibility index (Phi) is 5.95. The predicted octanol–water partition coefficient (Wildman–Crippen LogP) is 2.55. The molecule has 0 aliphatic rings. The molecule has 0 saturated heterocycles. The van der Waals surface area contributed by atoms with Crippen LogP contribution in [0.2, 0.25) is 0 Å². The van der Waals surface area contributed by atoms with Gasteiger partial charge in [-0.05, 0) is 38.5 Å². The van der Waals surface area contributed by atoms with Gasteiger partial charge in [0.1, 0.15) is 6.10 Å². The lowest BCUT2D eigenvalue weighted by molar-refractivity contribution is -0.00155. The first-order chi connectivity index (χ1) is 8.63. The van der Waals surface area contributed by atoms with Crippen molar-refractivity contribution in [3.8, 4) is 11.5 Å². The third kappa shape index (κ3) is 3.62. The summed E-state index contributed by atoms with van der Waals surface area (Å²) in [4.78, 5) is 0. The lowest BCUT2D eigenvalue weighted by Gasteiger charge is -2.19. The minimum atomic E-state index is -0.676. The van der Waals surface area contributed by atoms with Crippen molar-refractivity contribution in [2.24, 2.45) is 0 Å².